The van der Waals surface area contributed by atoms with Crippen molar-refractivity contribution >= 4 is 29.0 Å². The van der Waals surface area contributed by atoms with Gasteiger partial charge in [-0.05, 0) is 49.4 Å². The van der Waals surface area contributed by atoms with Crippen molar-refractivity contribution < 1.29 is 34.0 Å². The Labute approximate surface area is 190 Å². The molecule has 33 heavy (non-hydrogen) atoms. The second-order valence-electron chi connectivity index (χ2n) is 6.57. The van der Waals surface area contributed by atoms with E-state index in [0.717, 1.165) is 0 Å². The number of methoxy groups -OCH3 is 2. The summed E-state index contributed by atoms with van der Waals surface area (Å²) >= 11 is 0. The predicted octanol–water partition coefficient (Wildman–Crippen LogP) is 3.97. The minimum atomic E-state index is -0.701. The molecule has 0 radical (unpaired) electrons. The molecule has 0 saturated heterocycles. The Bertz CT molecular complexity index is 1040. The number of aliphatic hydroxyl groups excluding tert-OH is 2. The van der Waals surface area contributed by atoms with Crippen molar-refractivity contribution in [1.29, 1.82) is 0 Å². The van der Waals surface area contributed by atoms with E-state index in [9.17, 15) is 14.7 Å². The van der Waals surface area contributed by atoms with Gasteiger partial charge >= 0.3 is 5.97 Å². The van der Waals surface area contributed by atoms with Gasteiger partial charge in [-0.1, -0.05) is 6.58 Å². The van der Waals surface area contributed by atoms with Gasteiger partial charge in [-0.25, -0.2) is 4.79 Å². The molecular weight excluding hydrogens is 430 g/mol. The van der Waals surface area contributed by atoms with Crippen molar-refractivity contribution in [2.24, 2.45) is 10.2 Å². The first-order chi connectivity index (χ1) is 15.8. The molecule has 2 rings (SSSR count). The lowest BCUT2D eigenvalue weighted by atomic mass is 10.1. The van der Waals surface area contributed by atoms with Crippen molar-refractivity contribution in [2.75, 3.05) is 32.8 Å². The zero-order valence-corrected chi connectivity index (χ0v) is 18.5. The minimum Gasteiger partial charge on any atom is -0.510 e. The van der Waals surface area contributed by atoms with Crippen LogP contribution < -0.4 is 10.1 Å². The average Bonchev–Trinajstić information content (AvgIpc) is 2.82. The monoisotopic (exact) mass is 455 g/mol. The van der Waals surface area contributed by atoms with E-state index in [0.29, 0.717) is 17.0 Å². The third-order valence-electron chi connectivity index (χ3n) is 4.20. The molecule has 0 unspecified atom stereocenters. The van der Waals surface area contributed by atoms with Gasteiger partial charge in [0.15, 0.2) is 5.70 Å². The van der Waals surface area contributed by atoms with Gasteiger partial charge in [0.05, 0.1) is 32.1 Å². The van der Waals surface area contributed by atoms with E-state index in [-0.39, 0.29) is 41.7 Å². The average molecular weight is 455 g/mol. The summed E-state index contributed by atoms with van der Waals surface area (Å²) in [6, 6.07) is 10.9. The summed E-state index contributed by atoms with van der Waals surface area (Å²) in [4.78, 5) is 24.6. The minimum absolute atomic E-state index is 0.114. The second-order valence-corrected chi connectivity index (χ2v) is 6.57. The largest absolute Gasteiger partial charge is 0.510 e. The highest BCUT2D eigenvalue weighted by molar-refractivity contribution is 6.03. The molecule has 10 heteroatoms. The van der Waals surface area contributed by atoms with Gasteiger partial charge in [0.25, 0.3) is 5.91 Å². The van der Waals surface area contributed by atoms with Crippen molar-refractivity contribution in [1.82, 2.24) is 0 Å². The van der Waals surface area contributed by atoms with Crippen LogP contribution in [0.25, 0.3) is 5.76 Å². The molecule has 0 atom stereocenters. The molecule has 2 aromatic carbocycles. The Morgan fingerprint density at radius 3 is 2.30 bits per heavy atom. The van der Waals surface area contributed by atoms with E-state index in [1.165, 1.54) is 33.3 Å². The van der Waals surface area contributed by atoms with E-state index >= 15 is 0 Å². The van der Waals surface area contributed by atoms with Gasteiger partial charge in [-0.3, -0.25) is 4.79 Å². The number of benzene rings is 2. The van der Waals surface area contributed by atoms with E-state index in [4.69, 9.17) is 19.3 Å². The lowest BCUT2D eigenvalue weighted by Crippen LogP contribution is -2.14. The summed E-state index contributed by atoms with van der Waals surface area (Å²) in [6.45, 7) is 5.08. The quantitative estimate of drug-likeness (QED) is 0.213. The number of allylic oxidation sites excluding steroid dienone is 1. The summed E-state index contributed by atoms with van der Waals surface area (Å²) in [7, 11) is 2.67. The molecule has 1 amide bonds. The van der Waals surface area contributed by atoms with Crippen molar-refractivity contribution in [3.63, 3.8) is 0 Å². The van der Waals surface area contributed by atoms with Crippen LogP contribution in [-0.4, -0.2) is 49.5 Å². The molecular formula is C23H25N3O7. The normalized spacial score (nSPS) is 11.5. The summed E-state index contributed by atoms with van der Waals surface area (Å²) in [5, 5.41) is 29.2. The molecule has 0 spiro atoms. The Hall–Kier alpha value is -4.18. The number of nitrogens with one attached hydrogen (secondary N) is 1. The number of hydrogen-bond acceptors (Lipinski definition) is 9. The van der Waals surface area contributed by atoms with Crippen LogP contribution in [-0.2, 0) is 14.3 Å². The molecule has 174 valence electrons. The summed E-state index contributed by atoms with van der Waals surface area (Å²) < 4.78 is 15.1. The zero-order valence-electron chi connectivity index (χ0n) is 18.5. The Morgan fingerprint density at radius 1 is 1.06 bits per heavy atom. The van der Waals surface area contributed by atoms with Crippen LogP contribution >= 0.6 is 0 Å². The van der Waals surface area contributed by atoms with Gasteiger partial charge in [-0.15, -0.1) is 5.11 Å². The number of carbonyl (C=O) groups is 2. The van der Waals surface area contributed by atoms with E-state index in [2.05, 4.69) is 22.1 Å². The van der Waals surface area contributed by atoms with Crippen LogP contribution in [0, 0.1) is 0 Å². The smallest absolute Gasteiger partial charge is 0.337 e. The summed E-state index contributed by atoms with van der Waals surface area (Å²) in [6.07, 6.45) is 0. The molecule has 0 aromatic heterocycles. The fourth-order valence-corrected chi connectivity index (χ4v) is 2.56. The topological polar surface area (TPSA) is 139 Å². The second kappa shape index (κ2) is 12.0. The molecule has 2 aromatic rings. The summed E-state index contributed by atoms with van der Waals surface area (Å²) in [5.74, 6) is -0.848. The van der Waals surface area contributed by atoms with Crippen LogP contribution in [0.15, 0.2) is 70.7 Å². The number of ether oxygens (including phenoxy) is 3. The highest BCUT2D eigenvalue weighted by Crippen LogP contribution is 2.25. The third kappa shape index (κ3) is 7.18. The van der Waals surface area contributed by atoms with E-state index in [1.807, 2.05) is 0 Å². The van der Waals surface area contributed by atoms with Crippen LogP contribution in [0.5, 0.6) is 5.75 Å². The number of aliphatic hydroxyl groups is 2. The number of esters is 1. The maximum absolute atomic E-state index is 12.6. The lowest BCUT2D eigenvalue weighted by Gasteiger charge is -2.09. The number of hydrogen-bond donors (Lipinski definition) is 3. The molecule has 10 nitrogen and oxygen atoms in total. The Balaban J connectivity index is 2.26. The molecule has 0 heterocycles. The molecule has 3 N–H and O–H groups in total. The zero-order chi connectivity index (χ0) is 24.4. The molecule has 0 aliphatic carbocycles. The summed E-state index contributed by atoms with van der Waals surface area (Å²) in [5.41, 5.74) is 0.959. The van der Waals surface area contributed by atoms with Crippen LogP contribution in [0.1, 0.15) is 22.8 Å². The lowest BCUT2D eigenvalue weighted by molar-refractivity contribution is -0.113. The van der Waals surface area contributed by atoms with Crippen LogP contribution in [0.4, 0.5) is 11.4 Å². The number of carbonyl (C=O) groups excluding carboxylic acids is 2. The van der Waals surface area contributed by atoms with E-state index < -0.39 is 11.9 Å². The fraction of sp³-hybridized carbons (Fsp3) is 0.217. The maximum Gasteiger partial charge on any atom is 0.337 e. The fourth-order valence-electron chi connectivity index (χ4n) is 2.56. The third-order valence-corrected chi connectivity index (χ3v) is 4.20. The van der Waals surface area contributed by atoms with Crippen LogP contribution in [0.2, 0.25) is 0 Å². The molecule has 0 aliphatic rings. The number of anilines is 1. The van der Waals surface area contributed by atoms with Gasteiger partial charge in [0, 0.05) is 11.3 Å². The number of azo groups is 1. The van der Waals surface area contributed by atoms with E-state index in [1.54, 1.807) is 30.3 Å². The highest BCUT2D eigenvalue weighted by Gasteiger charge is 2.15. The van der Waals surface area contributed by atoms with Crippen molar-refractivity contribution in [3.05, 3.63) is 71.6 Å². The first kappa shape index (κ1) is 25.1. The molecule has 0 aliphatic heterocycles. The number of amides is 1. The first-order valence-corrected chi connectivity index (χ1v) is 9.72. The first-order valence-electron chi connectivity index (χ1n) is 9.72. The SMILES string of the molecule is C=C(OC)c1cc(N=NC(C(=O)Nc2ccc(OCCO)cc2)=C(C)O)cc(C(=O)OC)c1. The molecule has 0 bridgehead atoms. The van der Waals surface area contributed by atoms with Crippen molar-refractivity contribution in [3.8, 4) is 5.75 Å². The van der Waals surface area contributed by atoms with Gasteiger partial charge in [0.2, 0.25) is 0 Å². The predicted molar refractivity (Wildman–Crippen MR) is 121 cm³/mol. The molecule has 0 saturated carbocycles. The van der Waals surface area contributed by atoms with Crippen LogP contribution in [0.3, 0.4) is 0 Å². The highest BCUT2D eigenvalue weighted by atomic mass is 16.5. The number of nitrogens with zero attached hydrogens (tertiary/aromatic N) is 2. The molecule has 0 fully saturated rings. The van der Waals surface area contributed by atoms with Gasteiger partial charge < -0.3 is 29.7 Å². The van der Waals surface area contributed by atoms with Gasteiger partial charge in [0.1, 0.15) is 23.9 Å². The number of rotatable bonds is 10. The van der Waals surface area contributed by atoms with Gasteiger partial charge in [-0.2, -0.15) is 5.11 Å². The maximum atomic E-state index is 12.6. The standard InChI is InChI=1S/C23H25N3O7/c1-14(28)21(22(29)24-18-5-7-20(8-6-18)33-10-9-27)26-25-19-12-16(15(2)31-3)11-17(13-19)23(30)32-4/h5-8,11-13,27-28H,2,9-10H2,1,3-4H3,(H,24,29). The Morgan fingerprint density at radius 2 is 1.73 bits per heavy atom. The Kier molecular flexibility index (Phi) is 9.13. The van der Waals surface area contributed by atoms with Crippen molar-refractivity contribution in [2.45, 2.75) is 6.92 Å².